The van der Waals surface area contributed by atoms with Gasteiger partial charge < -0.3 is 9.84 Å². The number of ether oxygens (including phenoxy) is 1. The standard InChI is InChI=1S/C12H24O2/c1-4-5-10(9-13)8-11-6-7-12(2,3)14-11/h10-11,13H,4-9H2,1-3H3. The molecule has 84 valence electrons. The molecule has 0 spiro atoms. The van der Waals surface area contributed by atoms with Crippen LogP contribution in [0.15, 0.2) is 0 Å². The van der Waals surface area contributed by atoms with Crippen molar-refractivity contribution in [3.63, 3.8) is 0 Å². The Kier molecular flexibility index (Phi) is 4.39. The molecule has 0 aromatic carbocycles. The van der Waals surface area contributed by atoms with Crippen LogP contribution < -0.4 is 0 Å². The van der Waals surface area contributed by atoms with Gasteiger partial charge in [0.25, 0.3) is 0 Å². The summed E-state index contributed by atoms with van der Waals surface area (Å²) in [5.74, 6) is 0.443. The van der Waals surface area contributed by atoms with E-state index in [1.54, 1.807) is 0 Å². The van der Waals surface area contributed by atoms with Crippen LogP contribution in [-0.2, 0) is 4.74 Å². The van der Waals surface area contributed by atoms with Crippen molar-refractivity contribution < 1.29 is 9.84 Å². The number of aliphatic hydroxyl groups excluding tert-OH is 1. The van der Waals surface area contributed by atoms with Gasteiger partial charge in [-0.05, 0) is 45.4 Å². The van der Waals surface area contributed by atoms with Gasteiger partial charge in [-0.1, -0.05) is 13.3 Å². The fourth-order valence-corrected chi connectivity index (χ4v) is 2.31. The van der Waals surface area contributed by atoms with Crippen molar-refractivity contribution in [2.45, 2.75) is 64.6 Å². The lowest BCUT2D eigenvalue weighted by molar-refractivity contribution is -0.0283. The van der Waals surface area contributed by atoms with Crippen LogP contribution in [0.3, 0.4) is 0 Å². The summed E-state index contributed by atoms with van der Waals surface area (Å²) in [6.45, 7) is 6.79. The molecule has 0 aromatic rings. The molecule has 14 heavy (non-hydrogen) atoms. The Morgan fingerprint density at radius 3 is 2.64 bits per heavy atom. The van der Waals surface area contributed by atoms with E-state index in [-0.39, 0.29) is 5.60 Å². The quantitative estimate of drug-likeness (QED) is 0.739. The van der Waals surface area contributed by atoms with Gasteiger partial charge in [0.1, 0.15) is 0 Å². The van der Waals surface area contributed by atoms with E-state index < -0.39 is 0 Å². The largest absolute Gasteiger partial charge is 0.396 e. The van der Waals surface area contributed by atoms with E-state index >= 15 is 0 Å². The summed E-state index contributed by atoms with van der Waals surface area (Å²) in [7, 11) is 0. The summed E-state index contributed by atoms with van der Waals surface area (Å²) in [4.78, 5) is 0. The van der Waals surface area contributed by atoms with Crippen LogP contribution in [0, 0.1) is 5.92 Å². The van der Waals surface area contributed by atoms with Crippen molar-refractivity contribution in [1.82, 2.24) is 0 Å². The van der Waals surface area contributed by atoms with E-state index in [0.29, 0.717) is 18.6 Å². The molecule has 1 heterocycles. The van der Waals surface area contributed by atoms with Crippen molar-refractivity contribution in [1.29, 1.82) is 0 Å². The fraction of sp³-hybridized carbons (Fsp3) is 1.00. The van der Waals surface area contributed by atoms with Crippen LogP contribution in [0.5, 0.6) is 0 Å². The normalized spacial score (nSPS) is 27.9. The zero-order valence-corrected chi connectivity index (χ0v) is 9.75. The summed E-state index contributed by atoms with van der Waals surface area (Å²) < 4.78 is 5.92. The van der Waals surface area contributed by atoms with Gasteiger partial charge in [0, 0.05) is 6.61 Å². The first-order chi connectivity index (χ1) is 6.57. The first-order valence-electron chi connectivity index (χ1n) is 5.86. The van der Waals surface area contributed by atoms with Gasteiger partial charge in [0.2, 0.25) is 0 Å². The van der Waals surface area contributed by atoms with Gasteiger partial charge in [-0.15, -0.1) is 0 Å². The Morgan fingerprint density at radius 1 is 1.50 bits per heavy atom. The lowest BCUT2D eigenvalue weighted by Crippen LogP contribution is -2.22. The van der Waals surface area contributed by atoms with E-state index in [0.717, 1.165) is 32.1 Å². The Hall–Kier alpha value is -0.0800. The molecule has 0 bridgehead atoms. The van der Waals surface area contributed by atoms with E-state index in [1.165, 1.54) is 0 Å². The summed E-state index contributed by atoms with van der Waals surface area (Å²) in [6, 6.07) is 0. The minimum atomic E-state index is 0.0664. The third kappa shape index (κ3) is 3.58. The molecule has 2 unspecified atom stereocenters. The van der Waals surface area contributed by atoms with Crippen molar-refractivity contribution >= 4 is 0 Å². The first-order valence-corrected chi connectivity index (χ1v) is 5.86. The second-order valence-electron chi connectivity index (χ2n) is 5.11. The predicted octanol–water partition coefficient (Wildman–Crippen LogP) is 2.74. The molecule has 1 aliphatic heterocycles. The number of hydrogen-bond donors (Lipinski definition) is 1. The highest BCUT2D eigenvalue weighted by Gasteiger charge is 2.32. The molecule has 0 radical (unpaired) electrons. The first kappa shape index (κ1) is 12.0. The van der Waals surface area contributed by atoms with Crippen LogP contribution in [0.1, 0.15) is 52.9 Å². The smallest absolute Gasteiger partial charge is 0.0631 e. The summed E-state index contributed by atoms with van der Waals surface area (Å²) >= 11 is 0. The molecule has 0 aromatic heterocycles. The zero-order chi connectivity index (χ0) is 10.6. The van der Waals surface area contributed by atoms with Crippen molar-refractivity contribution in [2.75, 3.05) is 6.61 Å². The minimum Gasteiger partial charge on any atom is -0.396 e. The summed E-state index contributed by atoms with van der Waals surface area (Å²) in [5, 5.41) is 9.19. The summed E-state index contributed by atoms with van der Waals surface area (Å²) in [5.41, 5.74) is 0.0664. The van der Waals surface area contributed by atoms with Gasteiger partial charge >= 0.3 is 0 Å². The molecule has 1 fully saturated rings. The van der Waals surface area contributed by atoms with Crippen LogP contribution in [0.2, 0.25) is 0 Å². The topological polar surface area (TPSA) is 29.5 Å². The molecule has 1 aliphatic rings. The van der Waals surface area contributed by atoms with Crippen LogP contribution >= 0.6 is 0 Å². The average Bonchev–Trinajstić information content (AvgIpc) is 2.45. The number of aliphatic hydroxyl groups is 1. The van der Waals surface area contributed by atoms with Gasteiger partial charge in [0.05, 0.1) is 11.7 Å². The Morgan fingerprint density at radius 2 is 2.21 bits per heavy atom. The Labute approximate surface area is 87.7 Å². The lowest BCUT2D eigenvalue weighted by atomic mass is 9.95. The molecule has 0 aliphatic carbocycles. The second-order valence-corrected chi connectivity index (χ2v) is 5.11. The molecule has 0 amide bonds. The molecule has 1 rings (SSSR count). The molecule has 1 N–H and O–H groups in total. The third-order valence-electron chi connectivity index (χ3n) is 3.11. The van der Waals surface area contributed by atoms with Crippen molar-refractivity contribution in [3.05, 3.63) is 0 Å². The maximum absolute atomic E-state index is 9.19. The highest BCUT2D eigenvalue weighted by atomic mass is 16.5. The zero-order valence-electron chi connectivity index (χ0n) is 9.75. The number of hydrogen-bond acceptors (Lipinski definition) is 2. The second kappa shape index (κ2) is 5.13. The molecular formula is C12H24O2. The van der Waals surface area contributed by atoms with Gasteiger partial charge in [-0.2, -0.15) is 0 Å². The monoisotopic (exact) mass is 200 g/mol. The highest BCUT2D eigenvalue weighted by molar-refractivity contribution is 4.82. The van der Waals surface area contributed by atoms with E-state index in [2.05, 4.69) is 20.8 Å². The molecule has 2 nitrogen and oxygen atoms in total. The fourth-order valence-electron chi connectivity index (χ4n) is 2.31. The van der Waals surface area contributed by atoms with Crippen LogP contribution in [-0.4, -0.2) is 23.4 Å². The predicted molar refractivity (Wildman–Crippen MR) is 58.3 cm³/mol. The Bertz CT molecular complexity index is 166. The van der Waals surface area contributed by atoms with Crippen LogP contribution in [0.4, 0.5) is 0 Å². The van der Waals surface area contributed by atoms with Gasteiger partial charge in [0.15, 0.2) is 0 Å². The molecular weight excluding hydrogens is 176 g/mol. The molecule has 2 atom stereocenters. The van der Waals surface area contributed by atoms with Gasteiger partial charge in [-0.3, -0.25) is 0 Å². The van der Waals surface area contributed by atoms with Crippen molar-refractivity contribution in [2.24, 2.45) is 5.92 Å². The molecule has 0 saturated carbocycles. The highest BCUT2D eigenvalue weighted by Crippen LogP contribution is 2.33. The number of rotatable bonds is 5. The Balaban J connectivity index is 2.30. The average molecular weight is 200 g/mol. The SMILES string of the molecule is CCCC(CO)CC1CCC(C)(C)O1. The lowest BCUT2D eigenvalue weighted by Gasteiger charge is -2.22. The maximum Gasteiger partial charge on any atom is 0.0631 e. The minimum absolute atomic E-state index is 0.0664. The van der Waals surface area contributed by atoms with Crippen LogP contribution in [0.25, 0.3) is 0 Å². The summed E-state index contributed by atoms with van der Waals surface area (Å²) in [6.07, 6.45) is 6.01. The van der Waals surface area contributed by atoms with Gasteiger partial charge in [-0.25, -0.2) is 0 Å². The molecule has 2 heteroatoms. The van der Waals surface area contributed by atoms with Crippen molar-refractivity contribution in [3.8, 4) is 0 Å². The maximum atomic E-state index is 9.19. The van der Waals surface area contributed by atoms with E-state index in [4.69, 9.17) is 4.74 Å². The third-order valence-corrected chi connectivity index (χ3v) is 3.11. The molecule has 1 saturated heterocycles. The van der Waals surface area contributed by atoms with E-state index in [9.17, 15) is 5.11 Å². The van der Waals surface area contributed by atoms with E-state index in [1.807, 2.05) is 0 Å².